The van der Waals surface area contributed by atoms with Gasteiger partial charge in [-0.3, -0.25) is 0 Å². The largest absolute Gasteiger partial charge is 2.00 e. The maximum Gasteiger partial charge on any atom is 2.00 e. The number of hydrogen-bond acceptors (Lipinski definition) is 1. The van der Waals surface area contributed by atoms with E-state index in [0.717, 1.165) is 0 Å². The SMILES string of the molecule is C(C=Cc1ccccc1)=Cc1ccccc1.C[Si]OC(C)C.Cc1cc2ccccc2[cH-]1.Cc1cc2ccccc2[cH-]1.[Zr+2]. The smallest absolute Gasteiger partial charge is 0.415 e. The molecule has 3 heteroatoms. The average molecular weight is 658 g/mol. The van der Waals surface area contributed by atoms with E-state index in [4.69, 9.17) is 4.43 Å². The van der Waals surface area contributed by atoms with Crippen LogP contribution in [0.25, 0.3) is 33.7 Å². The molecule has 2 radical (unpaired) electrons. The van der Waals surface area contributed by atoms with Crippen LogP contribution in [-0.2, 0) is 30.6 Å². The summed E-state index contributed by atoms with van der Waals surface area (Å²) in [6, 6.07) is 46.2. The van der Waals surface area contributed by atoms with Gasteiger partial charge in [-0.25, -0.2) is 0 Å². The fraction of sp³-hybridized carbons (Fsp3) is 0.150. The van der Waals surface area contributed by atoms with Gasteiger partial charge in [0.1, 0.15) is 0 Å². The summed E-state index contributed by atoms with van der Waals surface area (Å²) in [6.45, 7) is 10.4. The zero-order valence-electron chi connectivity index (χ0n) is 26.0. The normalized spacial score (nSPS) is 10.5. The fourth-order valence-corrected chi connectivity index (χ4v) is 4.78. The molecule has 0 N–H and O–H groups in total. The average Bonchev–Trinajstić information content (AvgIpc) is 3.58. The first-order valence-corrected chi connectivity index (χ1v) is 15.9. The molecule has 0 bridgehead atoms. The Bertz CT molecular complexity index is 1440. The molecule has 0 spiro atoms. The molecule has 0 aromatic heterocycles. The van der Waals surface area contributed by atoms with Crippen LogP contribution in [0.3, 0.4) is 0 Å². The standard InChI is InChI=1S/C16H14.2C10H9.C4H10OSi.Zr/c1-3-9-15(10-4-1)13-7-8-14-16-11-5-2-6-12-16;2*1-8-6-9-4-2-3-5-10(9)7-8;1-4(2)5-6-3;/h1-14H;2*2-7H,1H3;4H,1-3H3;/q;2*-1;;+2. The van der Waals surface area contributed by atoms with Gasteiger partial charge in [-0.15, -0.1) is 81.2 Å². The molecule has 0 saturated heterocycles. The van der Waals surface area contributed by atoms with Gasteiger partial charge in [0.05, 0.1) is 0 Å². The van der Waals surface area contributed by atoms with Crippen molar-refractivity contribution in [3.63, 3.8) is 0 Å². The molecule has 0 fully saturated rings. The Kier molecular flexibility index (Phi) is 17.1. The van der Waals surface area contributed by atoms with E-state index in [1.165, 1.54) is 43.8 Å². The fourth-order valence-electron chi connectivity index (χ4n) is 4.31. The second kappa shape index (κ2) is 20.5. The van der Waals surface area contributed by atoms with Crippen molar-refractivity contribution in [3.05, 3.63) is 168 Å². The Morgan fingerprint density at radius 3 is 1.28 bits per heavy atom. The van der Waals surface area contributed by atoms with Gasteiger partial charge >= 0.3 is 26.2 Å². The van der Waals surface area contributed by atoms with Crippen molar-refractivity contribution in [2.75, 3.05) is 0 Å². The molecule has 6 aromatic carbocycles. The zero-order chi connectivity index (χ0) is 30.0. The topological polar surface area (TPSA) is 9.23 Å². The van der Waals surface area contributed by atoms with Crippen molar-refractivity contribution in [3.8, 4) is 0 Å². The van der Waals surface area contributed by atoms with E-state index in [1.807, 2.05) is 56.8 Å². The quantitative estimate of drug-likeness (QED) is 0.102. The molecular formula is C40H42OSiZr. The maximum atomic E-state index is 5.07. The Balaban J connectivity index is 0.000000210. The minimum absolute atomic E-state index is 0. The molecule has 0 aliphatic heterocycles. The van der Waals surface area contributed by atoms with E-state index in [0.29, 0.717) is 15.9 Å². The van der Waals surface area contributed by atoms with E-state index in [1.54, 1.807) is 0 Å². The molecule has 0 amide bonds. The summed E-state index contributed by atoms with van der Waals surface area (Å²) in [7, 11) is 0.638. The van der Waals surface area contributed by atoms with Crippen molar-refractivity contribution < 1.29 is 30.6 Å². The molecule has 6 aromatic rings. The number of allylic oxidation sites excluding steroid dienone is 2. The van der Waals surface area contributed by atoms with Crippen molar-refractivity contribution in [2.45, 2.75) is 40.3 Å². The Labute approximate surface area is 280 Å². The molecule has 216 valence electrons. The summed E-state index contributed by atoms with van der Waals surface area (Å²) in [5.41, 5.74) is 5.14. The van der Waals surface area contributed by atoms with E-state index < -0.39 is 0 Å². The van der Waals surface area contributed by atoms with Gasteiger partial charge in [-0.1, -0.05) is 111 Å². The molecule has 0 atom stereocenters. The monoisotopic (exact) mass is 656 g/mol. The van der Waals surface area contributed by atoms with Crippen molar-refractivity contribution in [1.29, 1.82) is 0 Å². The first-order chi connectivity index (χ1) is 20.4. The van der Waals surface area contributed by atoms with Gasteiger partial charge in [0.2, 0.25) is 9.76 Å². The van der Waals surface area contributed by atoms with Crippen molar-refractivity contribution in [1.82, 2.24) is 0 Å². The van der Waals surface area contributed by atoms with Crippen LogP contribution in [0, 0.1) is 13.8 Å². The first-order valence-electron chi connectivity index (χ1n) is 14.5. The summed E-state index contributed by atoms with van der Waals surface area (Å²) in [4.78, 5) is 0. The predicted molar refractivity (Wildman–Crippen MR) is 187 cm³/mol. The number of aryl methyl sites for hydroxylation is 2. The van der Waals surface area contributed by atoms with Crippen LogP contribution >= 0.6 is 0 Å². The third-order valence-electron chi connectivity index (χ3n) is 6.17. The predicted octanol–water partition coefficient (Wildman–Crippen LogP) is 11.2. The maximum absolute atomic E-state index is 5.07. The molecule has 6 rings (SSSR count). The van der Waals surface area contributed by atoms with Crippen LogP contribution < -0.4 is 0 Å². The molecule has 0 unspecified atom stereocenters. The summed E-state index contributed by atoms with van der Waals surface area (Å²) in [5, 5.41) is 5.39. The van der Waals surface area contributed by atoms with E-state index in [2.05, 4.69) is 135 Å². The second-order valence-corrected chi connectivity index (χ2v) is 10.9. The molecule has 0 aliphatic carbocycles. The van der Waals surface area contributed by atoms with Crippen LogP contribution in [0.2, 0.25) is 6.55 Å². The van der Waals surface area contributed by atoms with E-state index >= 15 is 0 Å². The van der Waals surface area contributed by atoms with Crippen molar-refractivity contribution in [2.24, 2.45) is 0 Å². The summed E-state index contributed by atoms with van der Waals surface area (Å²) in [5.74, 6) is 0. The minimum Gasteiger partial charge on any atom is -0.415 e. The number of hydrogen-bond donors (Lipinski definition) is 0. The molecule has 1 nitrogen and oxygen atoms in total. The second-order valence-electron chi connectivity index (χ2n) is 10.2. The zero-order valence-corrected chi connectivity index (χ0v) is 29.5. The summed E-state index contributed by atoms with van der Waals surface area (Å²) < 4.78 is 5.07. The number of benzene rings is 4. The van der Waals surface area contributed by atoms with Gasteiger partial charge in [0, 0.05) is 6.10 Å². The van der Waals surface area contributed by atoms with Crippen molar-refractivity contribution >= 4 is 43.5 Å². The summed E-state index contributed by atoms with van der Waals surface area (Å²) >= 11 is 0. The van der Waals surface area contributed by atoms with Crippen LogP contribution in [-0.4, -0.2) is 15.9 Å². The summed E-state index contributed by atoms with van der Waals surface area (Å²) in [6.07, 6.45) is 8.72. The van der Waals surface area contributed by atoms with Crippen LogP contribution in [0.5, 0.6) is 0 Å². The Morgan fingerprint density at radius 1 is 0.581 bits per heavy atom. The van der Waals surface area contributed by atoms with Crippen LogP contribution in [0.4, 0.5) is 0 Å². The van der Waals surface area contributed by atoms with Gasteiger partial charge in [0.15, 0.2) is 0 Å². The van der Waals surface area contributed by atoms with E-state index in [9.17, 15) is 0 Å². The van der Waals surface area contributed by atoms with Gasteiger partial charge in [-0.05, 0) is 31.5 Å². The molecule has 0 aliphatic rings. The van der Waals surface area contributed by atoms with Gasteiger partial charge in [0.25, 0.3) is 0 Å². The van der Waals surface area contributed by atoms with E-state index in [-0.39, 0.29) is 26.2 Å². The third-order valence-corrected chi connectivity index (χ3v) is 6.87. The van der Waals surface area contributed by atoms with Crippen LogP contribution in [0.15, 0.2) is 146 Å². The van der Waals surface area contributed by atoms with Gasteiger partial charge in [-0.2, -0.15) is 12.1 Å². The molecule has 43 heavy (non-hydrogen) atoms. The minimum atomic E-state index is 0. The third kappa shape index (κ3) is 14.1. The number of fused-ring (bicyclic) bond motifs is 2. The molecular weight excluding hydrogens is 616 g/mol. The van der Waals surface area contributed by atoms with Gasteiger partial charge < -0.3 is 4.43 Å². The first kappa shape index (κ1) is 35.8. The Morgan fingerprint density at radius 2 is 0.953 bits per heavy atom. The number of rotatable bonds is 5. The Hall–Kier alpha value is -3.36. The molecule has 0 saturated carbocycles. The van der Waals surface area contributed by atoms with Crippen LogP contribution in [0.1, 0.15) is 36.1 Å². The molecule has 0 heterocycles.